The zero-order chi connectivity index (χ0) is 54.7. The second kappa shape index (κ2) is 25.7. The Morgan fingerprint density at radius 1 is 0.711 bits per heavy atom. The van der Waals surface area contributed by atoms with Gasteiger partial charge < -0.3 is 46.9 Å². The van der Waals surface area contributed by atoms with Crippen molar-refractivity contribution in [3.05, 3.63) is 129 Å². The van der Waals surface area contributed by atoms with Crippen LogP contribution in [0.2, 0.25) is 10.0 Å². The van der Waals surface area contributed by atoms with Crippen LogP contribution in [0.3, 0.4) is 0 Å². The smallest absolute Gasteiger partial charge is 0.346 e. The van der Waals surface area contributed by atoms with Crippen molar-refractivity contribution in [1.29, 1.82) is 0 Å². The van der Waals surface area contributed by atoms with Gasteiger partial charge in [0, 0.05) is 24.7 Å². The molecule has 3 aliphatic rings. The number of rotatable bonds is 22. The van der Waals surface area contributed by atoms with Crippen molar-refractivity contribution >= 4 is 70.6 Å². The van der Waals surface area contributed by atoms with E-state index in [1.807, 2.05) is 19.9 Å². The second-order valence-electron chi connectivity index (χ2n) is 20.8. The van der Waals surface area contributed by atoms with E-state index < -0.39 is 78.6 Å². The number of nitrogens with one attached hydrogen (secondary N) is 5. The van der Waals surface area contributed by atoms with Crippen LogP contribution in [0.25, 0.3) is 0 Å². The van der Waals surface area contributed by atoms with Crippen LogP contribution in [-0.2, 0) is 57.6 Å². The van der Waals surface area contributed by atoms with E-state index >= 15 is 0 Å². The summed E-state index contributed by atoms with van der Waals surface area (Å²) >= 11 is 12.4. The number of amides is 6. The first-order valence-corrected chi connectivity index (χ1v) is 26.6. The minimum absolute atomic E-state index is 0.0160. The van der Waals surface area contributed by atoms with Crippen molar-refractivity contribution in [2.45, 2.75) is 122 Å². The van der Waals surface area contributed by atoms with Crippen molar-refractivity contribution < 1.29 is 52.9 Å². The molecule has 17 nitrogen and oxygen atoms in total. The van der Waals surface area contributed by atoms with Gasteiger partial charge in [-0.05, 0) is 127 Å². The van der Waals surface area contributed by atoms with Gasteiger partial charge in [-0.2, -0.15) is 0 Å². The summed E-state index contributed by atoms with van der Waals surface area (Å²) in [6, 6.07) is 21.9. The number of aromatic hydroxyl groups is 1. The van der Waals surface area contributed by atoms with Gasteiger partial charge in [0.05, 0.1) is 35.1 Å². The number of hydrogen-bond acceptors (Lipinski definition) is 11. The van der Waals surface area contributed by atoms with Gasteiger partial charge in [-0.15, -0.1) is 0 Å². The van der Waals surface area contributed by atoms with Crippen molar-refractivity contribution in [1.82, 2.24) is 26.6 Å². The van der Waals surface area contributed by atoms with Crippen LogP contribution in [0.15, 0.2) is 91.0 Å². The summed E-state index contributed by atoms with van der Waals surface area (Å²) in [5, 5.41) is 23.2. The van der Waals surface area contributed by atoms with Crippen LogP contribution in [0, 0.1) is 23.2 Å². The van der Waals surface area contributed by atoms with E-state index in [0.717, 1.165) is 44.1 Å². The normalized spacial score (nSPS) is 20.5. The molecule has 4 aromatic carbocycles. The summed E-state index contributed by atoms with van der Waals surface area (Å²) in [5.41, 5.74) is 9.08. The third-order valence-corrected chi connectivity index (χ3v) is 15.6. The Labute approximate surface area is 452 Å². The highest BCUT2D eigenvalue weighted by Crippen LogP contribution is 2.61. The van der Waals surface area contributed by atoms with E-state index in [1.165, 1.54) is 35.4 Å². The Kier molecular flexibility index (Phi) is 19.2. The number of carbonyl (C=O) groups is 8. The van der Waals surface area contributed by atoms with E-state index in [1.54, 1.807) is 54.6 Å². The molecule has 404 valence electrons. The fourth-order valence-electron chi connectivity index (χ4n) is 11.2. The lowest BCUT2D eigenvalue weighted by molar-refractivity contribution is -0.158. The Morgan fingerprint density at radius 3 is 2.05 bits per heavy atom. The summed E-state index contributed by atoms with van der Waals surface area (Å²) in [6.07, 6.45) is 4.81. The first kappa shape index (κ1) is 56.7. The Hall–Kier alpha value is -6.98. The molecule has 6 amide bonds. The maximum absolute atomic E-state index is 13.8. The molecule has 0 radical (unpaired) electrons. The molecule has 8 N–H and O–H groups in total. The number of phenolic OH excluding ortho intramolecular Hbond substituents is 1. The van der Waals surface area contributed by atoms with Gasteiger partial charge in [-0.1, -0.05) is 98.6 Å². The Morgan fingerprint density at radius 2 is 1.37 bits per heavy atom. The minimum atomic E-state index is -1.26. The molecule has 0 bridgehead atoms. The minimum Gasteiger partial charge on any atom is -0.508 e. The molecule has 0 heterocycles. The van der Waals surface area contributed by atoms with Gasteiger partial charge in [-0.25, -0.2) is 4.79 Å². The molecule has 76 heavy (non-hydrogen) atoms. The van der Waals surface area contributed by atoms with Crippen molar-refractivity contribution in [3.63, 3.8) is 0 Å². The SMILES string of the molecule is CC(C)C[C@H](NC(=O)[C@H](Cc1ccccc1)NC(=O)CNC(=O)CNC(=O)[C@H](Cc1ccc(OC(=O)c2c(Cl)cccc2Cl)cc1)NC(=O)CCC(=O)O[C@H]1CC[C@H]2[C@@H]3CCc4cc(O)ccc4[C@H]3CC[C@]12C)C(N)=O. The average molecular weight is 1080 g/mol. The van der Waals surface area contributed by atoms with Gasteiger partial charge in [0.2, 0.25) is 35.4 Å². The number of ether oxygens (including phenoxy) is 2. The summed E-state index contributed by atoms with van der Waals surface area (Å²) in [5.74, 6) is -3.89. The highest BCUT2D eigenvalue weighted by atomic mass is 35.5. The molecule has 2 fully saturated rings. The van der Waals surface area contributed by atoms with Gasteiger partial charge in [-0.3, -0.25) is 33.6 Å². The molecule has 4 aromatic rings. The van der Waals surface area contributed by atoms with E-state index in [0.29, 0.717) is 23.3 Å². The maximum atomic E-state index is 13.8. The zero-order valence-corrected chi connectivity index (χ0v) is 44.3. The summed E-state index contributed by atoms with van der Waals surface area (Å²) in [7, 11) is 0. The number of hydrogen-bond donors (Lipinski definition) is 7. The highest BCUT2D eigenvalue weighted by Gasteiger charge is 2.56. The monoisotopic (exact) mass is 1080 g/mol. The molecular formula is C57H66Cl2N6O11. The average Bonchev–Trinajstić information content (AvgIpc) is 3.72. The molecule has 19 heteroatoms. The number of halogens is 2. The van der Waals surface area contributed by atoms with Crippen LogP contribution < -0.4 is 37.1 Å². The molecule has 0 saturated heterocycles. The zero-order valence-electron chi connectivity index (χ0n) is 42.8. The molecule has 8 atom stereocenters. The highest BCUT2D eigenvalue weighted by molar-refractivity contribution is 6.39. The Balaban J connectivity index is 0.949. The summed E-state index contributed by atoms with van der Waals surface area (Å²) < 4.78 is 11.6. The van der Waals surface area contributed by atoms with Crippen LogP contribution >= 0.6 is 23.2 Å². The standard InChI is InChI=1S/C57H66Cl2N6O11/c1-32(2)26-44(53(60)71)65-55(73)46(27-33-8-5-4-6-9-33)64-50(69)31-61-49(68)30-62-54(72)45(28-34-12-16-37(17-13-34)75-56(74)52-42(58)10-7-11-43(52)59)63-48(67)22-23-51(70)76-47-21-20-41-40-18-14-35-29-36(66)15-19-38(35)39(40)24-25-57(41,47)3/h4-13,15-17,19,29,32,39-41,44-47,66H,14,18,20-28,30-31H2,1-3H3,(H2,60,71)(H,61,68)(H,62,72)(H,63,67)(H,64,69)(H,65,73)/t39-,40-,41+,44+,45+,46+,47+,57+/m1/s1. The Bertz CT molecular complexity index is 2780. The summed E-state index contributed by atoms with van der Waals surface area (Å²) in [4.78, 5) is 106. The summed E-state index contributed by atoms with van der Waals surface area (Å²) in [6.45, 7) is 4.78. The van der Waals surface area contributed by atoms with Gasteiger partial charge in [0.15, 0.2) is 0 Å². The largest absolute Gasteiger partial charge is 0.508 e. The number of aryl methyl sites for hydroxylation is 1. The van der Waals surface area contributed by atoms with E-state index in [-0.39, 0.29) is 76.6 Å². The molecule has 0 aliphatic heterocycles. The number of carbonyl (C=O) groups excluding carboxylic acids is 8. The number of fused-ring (bicyclic) bond motifs is 5. The lowest BCUT2D eigenvalue weighted by atomic mass is 9.55. The number of nitrogens with two attached hydrogens (primary N) is 1. The molecule has 0 aromatic heterocycles. The molecule has 3 aliphatic carbocycles. The van der Waals surface area contributed by atoms with Crippen molar-refractivity contribution in [2.24, 2.45) is 28.9 Å². The number of phenols is 1. The second-order valence-corrected chi connectivity index (χ2v) is 21.6. The third kappa shape index (κ3) is 14.7. The lowest BCUT2D eigenvalue weighted by Gasteiger charge is -2.50. The molecule has 2 saturated carbocycles. The first-order chi connectivity index (χ1) is 36.3. The molecular weight excluding hydrogens is 1020 g/mol. The van der Waals surface area contributed by atoms with Crippen LogP contribution in [0.1, 0.15) is 111 Å². The van der Waals surface area contributed by atoms with E-state index in [4.69, 9.17) is 38.4 Å². The van der Waals surface area contributed by atoms with E-state index in [2.05, 4.69) is 39.6 Å². The van der Waals surface area contributed by atoms with E-state index in [9.17, 15) is 43.5 Å². The topological polar surface area (TPSA) is 261 Å². The fourth-order valence-corrected chi connectivity index (χ4v) is 11.8. The van der Waals surface area contributed by atoms with Crippen LogP contribution in [0.4, 0.5) is 0 Å². The fraction of sp³-hybridized carbons (Fsp3) is 0.439. The molecule has 0 unspecified atom stereocenters. The number of benzene rings is 4. The number of esters is 2. The third-order valence-electron chi connectivity index (χ3n) is 15.0. The van der Waals surface area contributed by atoms with Crippen molar-refractivity contribution in [2.75, 3.05) is 13.1 Å². The maximum Gasteiger partial charge on any atom is 0.346 e. The van der Waals surface area contributed by atoms with Gasteiger partial charge >= 0.3 is 11.9 Å². The molecule has 0 spiro atoms. The lowest BCUT2D eigenvalue weighted by Crippen LogP contribution is -2.55. The predicted octanol–water partition coefficient (Wildman–Crippen LogP) is 6.17. The molecule has 7 rings (SSSR count). The van der Waals surface area contributed by atoms with Gasteiger partial charge in [0.25, 0.3) is 0 Å². The number of primary amides is 1. The van der Waals surface area contributed by atoms with Gasteiger partial charge in [0.1, 0.15) is 35.7 Å². The first-order valence-electron chi connectivity index (χ1n) is 25.8. The van der Waals surface area contributed by atoms with Crippen molar-refractivity contribution in [3.8, 4) is 11.5 Å². The van der Waals surface area contributed by atoms with Crippen LogP contribution in [-0.4, -0.2) is 89.8 Å². The predicted molar refractivity (Wildman–Crippen MR) is 284 cm³/mol. The quantitative estimate of drug-likeness (QED) is 0.0346. The van der Waals surface area contributed by atoms with Crippen LogP contribution in [0.5, 0.6) is 11.5 Å².